The molecule has 1 N–H and O–H groups in total. The van der Waals surface area contributed by atoms with Gasteiger partial charge in [-0.3, -0.25) is 4.79 Å². The molecule has 0 saturated heterocycles. The van der Waals surface area contributed by atoms with Gasteiger partial charge >= 0.3 is 0 Å². The monoisotopic (exact) mass is 369 g/mol. The minimum absolute atomic E-state index is 0.0730. The highest BCUT2D eigenvalue weighted by Gasteiger charge is 2.31. The lowest BCUT2D eigenvalue weighted by Crippen LogP contribution is -2.30. The van der Waals surface area contributed by atoms with E-state index in [9.17, 15) is 17.6 Å². The van der Waals surface area contributed by atoms with Crippen LogP contribution in [0.25, 0.3) is 0 Å². The largest absolute Gasteiger partial charge is 0.490 e. The molecule has 1 aromatic rings. The van der Waals surface area contributed by atoms with Gasteiger partial charge in [-0.2, -0.15) is 0 Å². The van der Waals surface area contributed by atoms with Gasteiger partial charge in [0, 0.05) is 6.07 Å². The van der Waals surface area contributed by atoms with Crippen LogP contribution in [0.4, 0.5) is 4.39 Å². The van der Waals surface area contributed by atoms with Crippen molar-refractivity contribution in [2.45, 2.75) is 57.5 Å². The molecule has 2 fully saturated rings. The molecule has 138 valence electrons. The van der Waals surface area contributed by atoms with Crippen LogP contribution in [0.2, 0.25) is 0 Å². The second-order valence-corrected chi connectivity index (χ2v) is 9.10. The van der Waals surface area contributed by atoms with E-state index in [1.54, 1.807) is 0 Å². The van der Waals surface area contributed by atoms with Crippen molar-refractivity contribution in [1.29, 1.82) is 0 Å². The Hall–Kier alpha value is -1.63. The summed E-state index contributed by atoms with van der Waals surface area (Å²) in [4.78, 5) is 12.0. The molecule has 5 nitrogen and oxygen atoms in total. The van der Waals surface area contributed by atoms with E-state index >= 15 is 0 Å². The van der Waals surface area contributed by atoms with Crippen LogP contribution in [0.15, 0.2) is 12.1 Å². The summed E-state index contributed by atoms with van der Waals surface area (Å²) < 4.78 is 44.8. The van der Waals surface area contributed by atoms with Crippen molar-refractivity contribution in [3.05, 3.63) is 29.1 Å². The molecule has 7 heteroatoms. The van der Waals surface area contributed by atoms with Gasteiger partial charge in [-0.05, 0) is 62.0 Å². The Balaban J connectivity index is 1.84. The van der Waals surface area contributed by atoms with E-state index in [0.717, 1.165) is 50.3 Å². The Morgan fingerprint density at radius 2 is 1.80 bits per heavy atom. The van der Waals surface area contributed by atoms with Crippen molar-refractivity contribution in [3.63, 3.8) is 0 Å². The molecule has 2 saturated carbocycles. The average molecular weight is 369 g/mol. The zero-order valence-corrected chi connectivity index (χ0v) is 15.4. The topological polar surface area (TPSA) is 72.5 Å². The molecule has 3 rings (SSSR count). The number of sulfonamides is 1. The van der Waals surface area contributed by atoms with Gasteiger partial charge in [-0.15, -0.1) is 0 Å². The summed E-state index contributed by atoms with van der Waals surface area (Å²) in [6, 6.07) is 2.69. The van der Waals surface area contributed by atoms with Crippen LogP contribution in [0.5, 0.6) is 5.75 Å². The van der Waals surface area contributed by atoms with Crippen LogP contribution in [0.3, 0.4) is 0 Å². The Kier molecular flexibility index (Phi) is 5.04. The third kappa shape index (κ3) is 4.71. The fraction of sp³-hybridized carbons (Fsp3) is 0.611. The second kappa shape index (κ2) is 6.94. The summed E-state index contributed by atoms with van der Waals surface area (Å²) in [5, 5.41) is 0. The number of hydrogen-bond donors (Lipinski definition) is 1. The zero-order chi connectivity index (χ0) is 18.2. The van der Waals surface area contributed by atoms with Crippen molar-refractivity contribution in [2.24, 2.45) is 5.92 Å². The van der Waals surface area contributed by atoms with Crippen molar-refractivity contribution < 1.29 is 22.3 Å². The number of nitrogens with one attached hydrogen (secondary N) is 1. The van der Waals surface area contributed by atoms with Crippen molar-refractivity contribution in [1.82, 2.24) is 4.72 Å². The number of halogens is 1. The van der Waals surface area contributed by atoms with Gasteiger partial charge in [0.1, 0.15) is 11.6 Å². The van der Waals surface area contributed by atoms with E-state index in [0.29, 0.717) is 11.7 Å². The lowest BCUT2D eigenvalue weighted by atomic mass is 9.89. The SMILES string of the molecule is CC1CCC(Oc2cc(F)c(C(=O)NS(C)(=O)=O)cc2C2CC2)CC1. The molecule has 0 bridgehead atoms. The molecule has 1 aromatic carbocycles. The number of ether oxygens (including phenoxy) is 1. The van der Waals surface area contributed by atoms with E-state index in [1.165, 1.54) is 12.1 Å². The van der Waals surface area contributed by atoms with E-state index in [2.05, 4.69) is 6.92 Å². The Morgan fingerprint density at radius 3 is 2.36 bits per heavy atom. The zero-order valence-electron chi connectivity index (χ0n) is 14.5. The molecule has 0 aromatic heterocycles. The van der Waals surface area contributed by atoms with Crippen LogP contribution < -0.4 is 9.46 Å². The van der Waals surface area contributed by atoms with Gasteiger partial charge in [0.15, 0.2) is 0 Å². The van der Waals surface area contributed by atoms with Crippen LogP contribution in [0.1, 0.15) is 67.3 Å². The maximum Gasteiger partial charge on any atom is 0.267 e. The molecule has 25 heavy (non-hydrogen) atoms. The molecular formula is C18H24FNO4S. The highest BCUT2D eigenvalue weighted by molar-refractivity contribution is 7.89. The molecule has 0 radical (unpaired) electrons. The third-order valence-electron chi connectivity index (χ3n) is 4.90. The molecule has 0 atom stereocenters. The lowest BCUT2D eigenvalue weighted by Gasteiger charge is -2.28. The van der Waals surface area contributed by atoms with Gasteiger partial charge in [0.25, 0.3) is 5.91 Å². The van der Waals surface area contributed by atoms with Gasteiger partial charge in [0.05, 0.1) is 17.9 Å². The summed E-state index contributed by atoms with van der Waals surface area (Å²) in [6.07, 6.45) is 6.97. The standard InChI is InChI=1S/C18H24FNO4S/c1-11-3-7-13(8-4-11)24-17-10-16(19)15(9-14(17)12-5-6-12)18(21)20-25(2,22)23/h9-13H,3-8H2,1-2H3,(H,20,21). The highest BCUT2D eigenvalue weighted by atomic mass is 32.2. The quantitative estimate of drug-likeness (QED) is 0.864. The number of hydrogen-bond acceptors (Lipinski definition) is 4. The normalized spacial score (nSPS) is 24.0. The first-order chi connectivity index (χ1) is 11.7. The summed E-state index contributed by atoms with van der Waals surface area (Å²) in [5.41, 5.74) is 0.551. The number of carbonyl (C=O) groups is 1. The molecule has 1 amide bonds. The molecular weight excluding hydrogens is 345 g/mol. The highest BCUT2D eigenvalue weighted by Crippen LogP contribution is 2.45. The molecule has 2 aliphatic rings. The van der Waals surface area contributed by atoms with Crippen molar-refractivity contribution in [2.75, 3.05) is 6.26 Å². The van der Waals surface area contributed by atoms with E-state index in [1.807, 2.05) is 4.72 Å². The van der Waals surface area contributed by atoms with Crippen LogP contribution >= 0.6 is 0 Å². The Morgan fingerprint density at radius 1 is 1.16 bits per heavy atom. The summed E-state index contributed by atoms with van der Waals surface area (Å²) in [7, 11) is -3.74. The lowest BCUT2D eigenvalue weighted by molar-refractivity contribution is 0.0977. The van der Waals surface area contributed by atoms with Crippen molar-refractivity contribution >= 4 is 15.9 Å². The van der Waals surface area contributed by atoms with Gasteiger partial charge in [-0.1, -0.05) is 6.92 Å². The molecule has 0 aliphatic heterocycles. The summed E-state index contributed by atoms with van der Waals surface area (Å²) in [6.45, 7) is 2.22. The fourth-order valence-electron chi connectivity index (χ4n) is 3.31. The van der Waals surface area contributed by atoms with E-state index in [-0.39, 0.29) is 17.6 Å². The number of benzene rings is 1. The average Bonchev–Trinajstić information content (AvgIpc) is 3.32. The van der Waals surface area contributed by atoms with E-state index < -0.39 is 21.7 Å². The minimum Gasteiger partial charge on any atom is -0.490 e. The third-order valence-corrected chi connectivity index (χ3v) is 5.45. The minimum atomic E-state index is -3.74. The molecule has 2 aliphatic carbocycles. The number of carbonyl (C=O) groups excluding carboxylic acids is 1. The van der Waals surface area contributed by atoms with Crippen LogP contribution in [-0.4, -0.2) is 26.7 Å². The van der Waals surface area contributed by atoms with Gasteiger partial charge in [0.2, 0.25) is 10.0 Å². The summed E-state index contributed by atoms with van der Waals surface area (Å²) in [5.74, 6) is -0.260. The van der Waals surface area contributed by atoms with Gasteiger partial charge < -0.3 is 4.74 Å². The molecule has 0 spiro atoms. The Bertz CT molecular complexity index is 766. The molecule has 0 heterocycles. The van der Waals surface area contributed by atoms with E-state index in [4.69, 9.17) is 4.74 Å². The molecule has 0 unspecified atom stereocenters. The Labute approximate surface area is 148 Å². The number of rotatable bonds is 5. The predicted molar refractivity (Wildman–Crippen MR) is 92.7 cm³/mol. The fourth-order valence-corrected chi connectivity index (χ4v) is 3.76. The maximum absolute atomic E-state index is 14.4. The second-order valence-electron chi connectivity index (χ2n) is 7.35. The van der Waals surface area contributed by atoms with Crippen molar-refractivity contribution in [3.8, 4) is 5.75 Å². The predicted octanol–water partition coefficient (Wildman–Crippen LogP) is 3.35. The van der Waals surface area contributed by atoms with Crippen LogP contribution in [0, 0.1) is 11.7 Å². The first-order valence-electron chi connectivity index (χ1n) is 8.75. The maximum atomic E-state index is 14.4. The first-order valence-corrected chi connectivity index (χ1v) is 10.6. The first kappa shape index (κ1) is 18.2. The van der Waals surface area contributed by atoms with Gasteiger partial charge in [-0.25, -0.2) is 17.5 Å². The number of amides is 1. The van der Waals surface area contributed by atoms with Crippen LogP contribution in [-0.2, 0) is 10.0 Å². The summed E-state index contributed by atoms with van der Waals surface area (Å²) >= 11 is 0. The smallest absolute Gasteiger partial charge is 0.267 e.